The second kappa shape index (κ2) is 4.42. The molecule has 0 spiro atoms. The van der Waals surface area contributed by atoms with Crippen molar-refractivity contribution >= 4 is 10.0 Å². The standard InChI is InChI=1S/C8H12N4O2S/c1-7(5-9)15(13,14)10-6-8-3-4-12(2)11-8/h3-4,7,10H,6H2,1-2H3. The lowest BCUT2D eigenvalue weighted by Gasteiger charge is -2.05. The summed E-state index contributed by atoms with van der Waals surface area (Å²) in [5, 5.41) is 11.4. The lowest BCUT2D eigenvalue weighted by atomic mass is 10.4. The van der Waals surface area contributed by atoms with Crippen LogP contribution in [0.25, 0.3) is 0 Å². The second-order valence-electron chi connectivity index (χ2n) is 3.12. The third-order valence-corrected chi connectivity index (χ3v) is 3.45. The summed E-state index contributed by atoms with van der Waals surface area (Å²) in [6.07, 6.45) is 1.72. The molecule has 0 radical (unpaired) electrons. The third-order valence-electron chi connectivity index (χ3n) is 1.87. The smallest absolute Gasteiger partial charge is 0.228 e. The molecule has 1 atom stereocenters. The highest BCUT2D eigenvalue weighted by atomic mass is 32.2. The lowest BCUT2D eigenvalue weighted by molar-refractivity contribution is 0.575. The van der Waals surface area contributed by atoms with Crippen molar-refractivity contribution in [3.63, 3.8) is 0 Å². The Morgan fingerprint density at radius 2 is 2.40 bits per heavy atom. The molecule has 82 valence electrons. The van der Waals surface area contributed by atoms with Gasteiger partial charge in [-0.25, -0.2) is 13.1 Å². The Bertz CT molecular complexity index is 471. The van der Waals surface area contributed by atoms with E-state index in [0.717, 1.165) is 0 Å². The number of hydrogen-bond acceptors (Lipinski definition) is 4. The fraction of sp³-hybridized carbons (Fsp3) is 0.500. The van der Waals surface area contributed by atoms with Gasteiger partial charge in [-0.15, -0.1) is 0 Å². The molecule has 1 aromatic heterocycles. The topological polar surface area (TPSA) is 87.8 Å². The zero-order valence-corrected chi connectivity index (χ0v) is 9.32. The summed E-state index contributed by atoms with van der Waals surface area (Å²) in [5.41, 5.74) is 0.617. The minimum atomic E-state index is -3.56. The van der Waals surface area contributed by atoms with Crippen LogP contribution in [-0.4, -0.2) is 23.4 Å². The van der Waals surface area contributed by atoms with Gasteiger partial charge < -0.3 is 0 Å². The Hall–Kier alpha value is -1.39. The molecular formula is C8H12N4O2S. The maximum absolute atomic E-state index is 11.4. The van der Waals surface area contributed by atoms with Gasteiger partial charge >= 0.3 is 0 Å². The van der Waals surface area contributed by atoms with Gasteiger partial charge in [0.1, 0.15) is 0 Å². The second-order valence-corrected chi connectivity index (χ2v) is 5.20. The van der Waals surface area contributed by atoms with Crippen molar-refractivity contribution < 1.29 is 8.42 Å². The van der Waals surface area contributed by atoms with Crippen molar-refractivity contribution in [2.24, 2.45) is 7.05 Å². The molecule has 0 amide bonds. The van der Waals surface area contributed by atoms with Gasteiger partial charge in [0, 0.05) is 13.2 Å². The van der Waals surface area contributed by atoms with Crippen molar-refractivity contribution in [1.29, 1.82) is 5.26 Å². The minimum Gasteiger partial charge on any atom is -0.276 e. The van der Waals surface area contributed by atoms with E-state index in [2.05, 4.69) is 9.82 Å². The number of nitriles is 1. The van der Waals surface area contributed by atoms with E-state index in [-0.39, 0.29) is 6.54 Å². The quantitative estimate of drug-likeness (QED) is 0.769. The molecule has 1 N–H and O–H groups in total. The summed E-state index contributed by atoms with van der Waals surface area (Å²) in [6.45, 7) is 1.44. The number of aromatic nitrogens is 2. The number of aryl methyl sites for hydroxylation is 1. The first-order valence-corrected chi connectivity index (χ1v) is 5.87. The maximum Gasteiger partial charge on any atom is 0.228 e. The molecule has 1 rings (SSSR count). The highest BCUT2D eigenvalue weighted by Crippen LogP contribution is 1.99. The molecule has 1 aromatic rings. The van der Waals surface area contributed by atoms with E-state index in [9.17, 15) is 8.42 Å². The predicted octanol–water partition coefficient (Wildman–Crippen LogP) is -0.248. The van der Waals surface area contributed by atoms with Crippen molar-refractivity contribution in [1.82, 2.24) is 14.5 Å². The molecule has 0 aromatic carbocycles. The van der Waals surface area contributed by atoms with Gasteiger partial charge in [-0.05, 0) is 13.0 Å². The van der Waals surface area contributed by atoms with Crippen LogP contribution in [0.4, 0.5) is 0 Å². The van der Waals surface area contributed by atoms with Crippen molar-refractivity contribution in [3.8, 4) is 6.07 Å². The summed E-state index contributed by atoms with van der Waals surface area (Å²) < 4.78 is 26.6. The first-order chi connectivity index (χ1) is 6.95. The molecule has 7 heteroatoms. The van der Waals surface area contributed by atoms with Gasteiger partial charge in [0.05, 0.1) is 18.3 Å². The van der Waals surface area contributed by atoms with E-state index >= 15 is 0 Å². The molecule has 0 aliphatic heterocycles. The Morgan fingerprint density at radius 3 is 2.87 bits per heavy atom. The molecule has 0 aliphatic carbocycles. The number of hydrogen-bond donors (Lipinski definition) is 1. The zero-order chi connectivity index (χ0) is 11.5. The third kappa shape index (κ3) is 3.04. The first kappa shape index (κ1) is 11.7. The summed E-state index contributed by atoms with van der Waals surface area (Å²) in [6, 6.07) is 3.38. The van der Waals surface area contributed by atoms with Crippen LogP contribution in [0.15, 0.2) is 12.3 Å². The highest BCUT2D eigenvalue weighted by Gasteiger charge is 2.19. The molecule has 0 saturated carbocycles. The molecule has 15 heavy (non-hydrogen) atoms. The molecule has 1 heterocycles. The lowest BCUT2D eigenvalue weighted by Crippen LogP contribution is -2.31. The number of nitrogens with zero attached hydrogens (tertiary/aromatic N) is 3. The van der Waals surface area contributed by atoms with Crippen LogP contribution in [0, 0.1) is 11.3 Å². The zero-order valence-electron chi connectivity index (χ0n) is 8.51. The van der Waals surface area contributed by atoms with E-state index in [1.807, 2.05) is 0 Å². The molecule has 6 nitrogen and oxygen atoms in total. The van der Waals surface area contributed by atoms with Crippen molar-refractivity contribution in [2.75, 3.05) is 0 Å². The van der Waals surface area contributed by atoms with Crippen LogP contribution in [0.1, 0.15) is 12.6 Å². The van der Waals surface area contributed by atoms with E-state index in [0.29, 0.717) is 5.69 Å². The Balaban J connectivity index is 2.62. The monoisotopic (exact) mass is 228 g/mol. The average Bonchev–Trinajstić information content (AvgIpc) is 2.60. The fourth-order valence-electron chi connectivity index (χ4n) is 0.926. The average molecular weight is 228 g/mol. The number of rotatable bonds is 4. The van der Waals surface area contributed by atoms with Gasteiger partial charge in [-0.3, -0.25) is 4.68 Å². The van der Waals surface area contributed by atoms with Crippen LogP contribution in [0.3, 0.4) is 0 Å². The summed E-state index contributed by atoms with van der Waals surface area (Å²) in [4.78, 5) is 0. The highest BCUT2D eigenvalue weighted by molar-refractivity contribution is 7.90. The molecule has 1 unspecified atom stereocenters. The largest absolute Gasteiger partial charge is 0.276 e. The molecule has 0 saturated heterocycles. The van der Waals surface area contributed by atoms with Crippen LogP contribution < -0.4 is 4.72 Å². The van der Waals surface area contributed by atoms with Crippen LogP contribution >= 0.6 is 0 Å². The fourth-order valence-corrected chi connectivity index (χ4v) is 1.66. The SMILES string of the molecule is CC(C#N)S(=O)(=O)NCc1ccn(C)n1. The maximum atomic E-state index is 11.4. The van der Waals surface area contributed by atoms with Crippen LogP contribution in [0.5, 0.6) is 0 Å². The predicted molar refractivity (Wildman–Crippen MR) is 54.0 cm³/mol. The number of nitrogens with one attached hydrogen (secondary N) is 1. The van der Waals surface area contributed by atoms with E-state index in [1.54, 1.807) is 30.1 Å². The van der Waals surface area contributed by atoms with Gasteiger partial charge in [0.2, 0.25) is 10.0 Å². The van der Waals surface area contributed by atoms with E-state index in [1.165, 1.54) is 6.92 Å². The van der Waals surface area contributed by atoms with Crippen LogP contribution in [-0.2, 0) is 23.6 Å². The molecule has 0 bridgehead atoms. The number of sulfonamides is 1. The van der Waals surface area contributed by atoms with E-state index in [4.69, 9.17) is 5.26 Å². The molecular weight excluding hydrogens is 216 g/mol. The van der Waals surface area contributed by atoms with E-state index < -0.39 is 15.3 Å². The van der Waals surface area contributed by atoms with Crippen molar-refractivity contribution in [3.05, 3.63) is 18.0 Å². The van der Waals surface area contributed by atoms with Gasteiger partial charge in [-0.2, -0.15) is 10.4 Å². The molecule has 0 fully saturated rings. The van der Waals surface area contributed by atoms with Gasteiger partial charge in [0.25, 0.3) is 0 Å². The Kier molecular flexibility index (Phi) is 3.44. The normalized spacial score (nSPS) is 13.4. The Labute approximate surface area is 88.6 Å². The summed E-state index contributed by atoms with van der Waals surface area (Å²) >= 11 is 0. The summed E-state index contributed by atoms with van der Waals surface area (Å²) in [5.74, 6) is 0. The minimum absolute atomic E-state index is 0.106. The van der Waals surface area contributed by atoms with Crippen LogP contribution in [0.2, 0.25) is 0 Å². The summed E-state index contributed by atoms with van der Waals surface area (Å²) in [7, 11) is -1.81. The van der Waals surface area contributed by atoms with Gasteiger partial charge in [0.15, 0.2) is 5.25 Å². The Morgan fingerprint density at radius 1 is 1.73 bits per heavy atom. The van der Waals surface area contributed by atoms with Crippen molar-refractivity contribution in [2.45, 2.75) is 18.7 Å². The molecule has 0 aliphatic rings. The van der Waals surface area contributed by atoms with Gasteiger partial charge in [-0.1, -0.05) is 0 Å². The first-order valence-electron chi connectivity index (χ1n) is 4.32.